The number of nitro groups is 1. The smallest absolute Gasteiger partial charge is 0.337 e. The zero-order valence-electron chi connectivity index (χ0n) is 15.5. The molecule has 0 aliphatic rings. The third kappa shape index (κ3) is 3.97. The zero-order chi connectivity index (χ0) is 21.3. The fourth-order valence-electron chi connectivity index (χ4n) is 3.00. The Labute approximate surface area is 170 Å². The first kappa shape index (κ1) is 20.1. The molecule has 0 atom stereocenters. The van der Waals surface area contributed by atoms with Crippen molar-refractivity contribution in [3.63, 3.8) is 0 Å². The maximum Gasteiger partial charge on any atom is 0.337 e. The van der Waals surface area contributed by atoms with Crippen LogP contribution in [0.5, 0.6) is 5.75 Å². The first-order valence-corrected chi connectivity index (χ1v) is 8.80. The molecule has 0 amide bonds. The van der Waals surface area contributed by atoms with Crippen LogP contribution in [0, 0.1) is 24.0 Å². The molecule has 0 unspecified atom stereocenters. The van der Waals surface area contributed by atoms with Gasteiger partial charge in [-0.05, 0) is 44.2 Å². The topological polar surface area (TPSA) is 118 Å². The van der Waals surface area contributed by atoms with Crippen LogP contribution in [0.1, 0.15) is 27.3 Å². The molecule has 1 heterocycles. The largest absolute Gasteiger partial charge is 0.506 e. The summed E-state index contributed by atoms with van der Waals surface area (Å²) in [6, 6.07) is 10.1. The second-order valence-corrected chi connectivity index (χ2v) is 6.73. The van der Waals surface area contributed by atoms with Gasteiger partial charge in [0.15, 0.2) is 0 Å². The summed E-state index contributed by atoms with van der Waals surface area (Å²) in [5, 5.41) is 30.3. The summed E-state index contributed by atoms with van der Waals surface area (Å²) < 4.78 is 1.84. The number of aryl methyl sites for hydroxylation is 1. The number of aromatic hydroxyl groups is 1. The van der Waals surface area contributed by atoms with Gasteiger partial charge in [-0.25, -0.2) is 4.79 Å². The quantitative estimate of drug-likeness (QED) is 0.353. The Bertz CT molecular complexity index is 1170. The van der Waals surface area contributed by atoms with E-state index in [2.05, 4.69) is 4.99 Å². The molecular formula is C20H16ClN3O5. The number of phenols is 1. The second kappa shape index (κ2) is 7.76. The number of nitro benzene ring substituents is 1. The predicted molar refractivity (Wildman–Crippen MR) is 109 cm³/mol. The minimum absolute atomic E-state index is 0.00611. The SMILES string of the molecule is Cc1cc(C=Nc2cc([N+](=O)[O-])ccc2O)c(C)n1-c1ccc(Cl)c(C(=O)O)c1. The molecule has 0 saturated heterocycles. The normalized spacial score (nSPS) is 11.1. The van der Waals surface area contributed by atoms with Gasteiger partial charge in [-0.3, -0.25) is 15.1 Å². The Morgan fingerprint density at radius 1 is 1.21 bits per heavy atom. The van der Waals surface area contributed by atoms with Crippen LogP contribution in [-0.4, -0.2) is 31.9 Å². The van der Waals surface area contributed by atoms with E-state index < -0.39 is 10.9 Å². The van der Waals surface area contributed by atoms with Crippen molar-refractivity contribution in [2.45, 2.75) is 13.8 Å². The van der Waals surface area contributed by atoms with Gasteiger partial charge in [-0.1, -0.05) is 11.6 Å². The molecule has 2 aromatic carbocycles. The van der Waals surface area contributed by atoms with E-state index in [0.29, 0.717) is 11.3 Å². The van der Waals surface area contributed by atoms with Crippen LogP contribution in [0.2, 0.25) is 5.02 Å². The van der Waals surface area contributed by atoms with E-state index in [1.165, 1.54) is 36.5 Å². The third-order valence-electron chi connectivity index (χ3n) is 4.42. The average molecular weight is 414 g/mol. The van der Waals surface area contributed by atoms with Crippen molar-refractivity contribution in [2.24, 2.45) is 4.99 Å². The summed E-state index contributed by atoms with van der Waals surface area (Å²) in [7, 11) is 0. The minimum atomic E-state index is -1.12. The van der Waals surface area contributed by atoms with Gasteiger partial charge in [-0.15, -0.1) is 0 Å². The first-order chi connectivity index (χ1) is 13.7. The zero-order valence-corrected chi connectivity index (χ0v) is 16.2. The number of hydrogen-bond acceptors (Lipinski definition) is 5. The maximum atomic E-state index is 11.4. The lowest BCUT2D eigenvalue weighted by Crippen LogP contribution is -2.03. The summed E-state index contributed by atoms with van der Waals surface area (Å²) in [5.74, 6) is -1.30. The maximum absolute atomic E-state index is 11.4. The lowest BCUT2D eigenvalue weighted by Gasteiger charge is -2.11. The van der Waals surface area contributed by atoms with Crippen LogP contribution >= 0.6 is 11.6 Å². The monoisotopic (exact) mass is 413 g/mol. The number of phenolic OH excluding ortho intramolecular Hbond substituents is 1. The van der Waals surface area contributed by atoms with E-state index in [4.69, 9.17) is 11.6 Å². The molecule has 29 heavy (non-hydrogen) atoms. The highest BCUT2D eigenvalue weighted by Gasteiger charge is 2.15. The summed E-state index contributed by atoms with van der Waals surface area (Å²) in [6.07, 6.45) is 1.49. The van der Waals surface area contributed by atoms with Crippen LogP contribution in [0.25, 0.3) is 5.69 Å². The van der Waals surface area contributed by atoms with Crippen LogP contribution < -0.4 is 0 Å². The van der Waals surface area contributed by atoms with Gasteiger partial charge in [0.2, 0.25) is 0 Å². The molecule has 9 heteroatoms. The Balaban J connectivity index is 2.02. The number of hydrogen-bond donors (Lipinski definition) is 2. The number of carbonyl (C=O) groups is 1. The van der Waals surface area contributed by atoms with Crippen molar-refractivity contribution >= 4 is 35.2 Å². The molecule has 0 saturated carbocycles. The van der Waals surface area contributed by atoms with E-state index in [1.54, 1.807) is 6.07 Å². The van der Waals surface area contributed by atoms with Crippen molar-refractivity contribution in [3.8, 4) is 11.4 Å². The van der Waals surface area contributed by atoms with Crippen LogP contribution in [-0.2, 0) is 0 Å². The molecule has 0 radical (unpaired) electrons. The molecule has 0 bridgehead atoms. The van der Waals surface area contributed by atoms with E-state index in [-0.39, 0.29) is 27.7 Å². The van der Waals surface area contributed by atoms with Crippen molar-refractivity contribution in [2.75, 3.05) is 0 Å². The Morgan fingerprint density at radius 3 is 2.59 bits per heavy atom. The molecule has 148 valence electrons. The molecule has 8 nitrogen and oxygen atoms in total. The Morgan fingerprint density at radius 2 is 1.93 bits per heavy atom. The molecule has 2 N–H and O–H groups in total. The third-order valence-corrected chi connectivity index (χ3v) is 4.75. The summed E-state index contributed by atoms with van der Waals surface area (Å²) in [5.41, 5.74) is 2.82. The van der Waals surface area contributed by atoms with Crippen molar-refractivity contribution in [3.05, 3.63) is 80.1 Å². The lowest BCUT2D eigenvalue weighted by atomic mass is 10.2. The van der Waals surface area contributed by atoms with Gasteiger partial charge in [-0.2, -0.15) is 0 Å². The van der Waals surface area contributed by atoms with Gasteiger partial charge >= 0.3 is 5.97 Å². The predicted octanol–water partition coefficient (Wildman–Crippen LogP) is 4.81. The average Bonchev–Trinajstić information content (AvgIpc) is 2.94. The minimum Gasteiger partial charge on any atom is -0.506 e. The van der Waals surface area contributed by atoms with Gasteiger partial charge in [0.1, 0.15) is 11.4 Å². The molecule has 0 fully saturated rings. The second-order valence-electron chi connectivity index (χ2n) is 6.32. The highest BCUT2D eigenvalue weighted by Crippen LogP contribution is 2.31. The molecule has 0 aliphatic heterocycles. The molecule has 0 aliphatic carbocycles. The fourth-order valence-corrected chi connectivity index (χ4v) is 3.20. The summed E-state index contributed by atoms with van der Waals surface area (Å²) in [4.78, 5) is 25.9. The first-order valence-electron chi connectivity index (χ1n) is 8.42. The number of nitrogens with zero attached hydrogens (tertiary/aromatic N) is 3. The van der Waals surface area contributed by atoms with Crippen LogP contribution in [0.15, 0.2) is 47.5 Å². The van der Waals surface area contributed by atoms with Gasteiger partial charge < -0.3 is 14.8 Å². The number of carboxylic acid groups (broad SMARTS) is 1. The standard InChI is InChI=1S/C20H16ClN3O5/c1-11-7-13(10-22-18-9-15(24(28)29)4-6-19(18)25)12(2)23(11)14-3-5-17(21)16(8-14)20(26)27/h3-10,25H,1-2H3,(H,26,27). The van der Waals surface area contributed by atoms with Crippen LogP contribution in [0.3, 0.4) is 0 Å². The molecule has 0 spiro atoms. The van der Waals surface area contributed by atoms with E-state index in [9.17, 15) is 25.1 Å². The number of benzene rings is 2. The van der Waals surface area contributed by atoms with E-state index in [0.717, 1.165) is 11.4 Å². The summed E-state index contributed by atoms with van der Waals surface area (Å²) in [6.45, 7) is 3.68. The Hall–Kier alpha value is -3.65. The van der Waals surface area contributed by atoms with Crippen molar-refractivity contribution in [1.29, 1.82) is 0 Å². The number of rotatable bonds is 5. The molecular weight excluding hydrogens is 398 g/mol. The fraction of sp³-hybridized carbons (Fsp3) is 0.100. The number of aromatic nitrogens is 1. The molecule has 3 aromatic rings. The molecule has 1 aromatic heterocycles. The van der Waals surface area contributed by atoms with Gasteiger partial charge in [0, 0.05) is 41.0 Å². The van der Waals surface area contributed by atoms with Crippen LogP contribution in [0.4, 0.5) is 11.4 Å². The number of carboxylic acids is 1. The highest BCUT2D eigenvalue weighted by molar-refractivity contribution is 6.33. The van der Waals surface area contributed by atoms with Gasteiger partial charge in [0.25, 0.3) is 5.69 Å². The number of aliphatic imine (C=N–C) groups is 1. The number of non-ortho nitro benzene ring substituents is 1. The van der Waals surface area contributed by atoms with Crippen molar-refractivity contribution in [1.82, 2.24) is 4.57 Å². The number of halogens is 1. The van der Waals surface area contributed by atoms with Crippen molar-refractivity contribution < 1.29 is 19.9 Å². The summed E-state index contributed by atoms with van der Waals surface area (Å²) >= 11 is 5.95. The van der Waals surface area contributed by atoms with E-state index >= 15 is 0 Å². The van der Waals surface area contributed by atoms with Gasteiger partial charge in [0.05, 0.1) is 15.5 Å². The molecule has 3 rings (SSSR count). The highest BCUT2D eigenvalue weighted by atomic mass is 35.5. The van der Waals surface area contributed by atoms with E-state index in [1.807, 2.05) is 24.5 Å². The number of aromatic carboxylic acids is 1. The Kier molecular flexibility index (Phi) is 5.38. The lowest BCUT2D eigenvalue weighted by molar-refractivity contribution is -0.384.